The first-order valence-electron chi connectivity index (χ1n) is 8.23. The fraction of sp³-hybridized carbons (Fsp3) is 0.222. The largest absolute Gasteiger partial charge is 0.479 e. The number of rotatable bonds is 5. The minimum Gasteiger partial charge on any atom is -0.479 e. The maximum Gasteiger partial charge on any atom is 0.242 e. The van der Waals surface area contributed by atoms with Gasteiger partial charge in [-0.05, 0) is 24.6 Å². The van der Waals surface area contributed by atoms with Crippen molar-refractivity contribution in [3.8, 4) is 17.7 Å². The van der Waals surface area contributed by atoms with Crippen molar-refractivity contribution in [2.24, 2.45) is 0 Å². The Morgan fingerprint density at radius 3 is 2.79 bits per heavy atom. The molecule has 0 amide bonds. The number of methoxy groups -OCH3 is 1. The number of hydrogen-bond acceptors (Lipinski definition) is 5. The van der Waals surface area contributed by atoms with Crippen LogP contribution in [0, 0.1) is 23.5 Å². The van der Waals surface area contributed by atoms with Crippen LogP contribution < -0.4 is 9.46 Å². The third-order valence-electron chi connectivity index (χ3n) is 3.74. The summed E-state index contributed by atoms with van der Waals surface area (Å²) in [5, 5.41) is 7.16. The van der Waals surface area contributed by atoms with Crippen molar-refractivity contribution < 1.29 is 21.9 Å². The molecular formula is C18H16F2N4O3S. The monoisotopic (exact) mass is 406 g/mol. The molecule has 28 heavy (non-hydrogen) atoms. The minimum absolute atomic E-state index is 0.178. The number of aromatic nitrogens is 3. The van der Waals surface area contributed by atoms with E-state index in [0.717, 1.165) is 12.1 Å². The number of aromatic amines is 1. The number of anilines is 1. The van der Waals surface area contributed by atoms with E-state index in [4.69, 9.17) is 4.74 Å². The first-order chi connectivity index (χ1) is 13.3. The third kappa shape index (κ3) is 4.04. The van der Waals surface area contributed by atoms with E-state index in [-0.39, 0.29) is 11.4 Å². The van der Waals surface area contributed by atoms with E-state index in [0.29, 0.717) is 28.9 Å². The number of pyridine rings is 1. The first-order valence-corrected chi connectivity index (χ1v) is 9.88. The quantitative estimate of drug-likeness (QED) is 0.635. The van der Waals surface area contributed by atoms with Crippen LogP contribution in [-0.4, -0.2) is 36.5 Å². The molecule has 0 spiro atoms. The van der Waals surface area contributed by atoms with Crippen LogP contribution in [-0.2, 0) is 10.0 Å². The molecule has 0 bridgehead atoms. The molecule has 10 heteroatoms. The molecule has 3 rings (SSSR count). The second-order valence-corrected chi connectivity index (χ2v) is 7.65. The van der Waals surface area contributed by atoms with Crippen LogP contribution in [0.25, 0.3) is 11.0 Å². The topological polar surface area (TPSA) is 97.0 Å². The van der Waals surface area contributed by atoms with E-state index in [2.05, 4.69) is 31.7 Å². The summed E-state index contributed by atoms with van der Waals surface area (Å²) in [6.07, 6.45) is 1.77. The van der Waals surface area contributed by atoms with Crippen LogP contribution in [0.1, 0.15) is 24.5 Å². The highest BCUT2D eigenvalue weighted by atomic mass is 32.2. The Balaban J connectivity index is 1.98. The number of hydrogen-bond donors (Lipinski definition) is 2. The lowest BCUT2D eigenvalue weighted by Crippen LogP contribution is -2.17. The fourth-order valence-electron chi connectivity index (χ4n) is 2.47. The molecule has 2 heterocycles. The average Bonchev–Trinajstić information content (AvgIpc) is 3.06. The molecule has 0 saturated heterocycles. The zero-order chi connectivity index (χ0) is 20.3. The van der Waals surface area contributed by atoms with Crippen molar-refractivity contribution >= 4 is 26.7 Å². The van der Waals surface area contributed by atoms with E-state index in [1.807, 2.05) is 0 Å². The lowest BCUT2D eigenvalue weighted by Gasteiger charge is -2.09. The number of nitrogens with zero attached hydrogens (tertiary/aromatic N) is 2. The first kappa shape index (κ1) is 19.6. The van der Waals surface area contributed by atoms with Gasteiger partial charge in [-0.15, -0.1) is 5.10 Å². The molecule has 0 unspecified atom stereocenters. The predicted octanol–water partition coefficient (Wildman–Crippen LogP) is 2.80. The van der Waals surface area contributed by atoms with Crippen molar-refractivity contribution in [2.45, 2.75) is 13.3 Å². The lowest BCUT2D eigenvalue weighted by atomic mass is 10.1. The Labute approximate surface area is 160 Å². The maximum atomic E-state index is 14.6. The summed E-state index contributed by atoms with van der Waals surface area (Å²) in [4.78, 5) is 4.11. The molecule has 146 valence electrons. The van der Waals surface area contributed by atoms with Gasteiger partial charge in [0, 0.05) is 11.8 Å². The maximum absolute atomic E-state index is 14.6. The van der Waals surface area contributed by atoms with E-state index in [1.165, 1.54) is 13.3 Å². The second kappa shape index (κ2) is 7.82. The summed E-state index contributed by atoms with van der Waals surface area (Å²) in [6, 6.07) is 3.59. The molecule has 0 fully saturated rings. The Morgan fingerprint density at radius 2 is 2.07 bits per heavy atom. The Hall–Kier alpha value is -3.19. The van der Waals surface area contributed by atoms with E-state index >= 15 is 0 Å². The molecule has 0 atom stereocenters. The molecule has 3 aromatic rings. The highest BCUT2D eigenvalue weighted by Gasteiger charge is 2.17. The van der Waals surface area contributed by atoms with Gasteiger partial charge in [-0.2, -0.15) is 0 Å². The molecule has 0 saturated carbocycles. The smallest absolute Gasteiger partial charge is 0.242 e. The van der Waals surface area contributed by atoms with Crippen LogP contribution in [0.15, 0.2) is 24.4 Å². The van der Waals surface area contributed by atoms with Gasteiger partial charge in [-0.3, -0.25) is 9.82 Å². The van der Waals surface area contributed by atoms with Crippen LogP contribution >= 0.6 is 0 Å². The zero-order valence-electron chi connectivity index (χ0n) is 15.0. The number of benzene rings is 1. The third-order valence-corrected chi connectivity index (χ3v) is 5.21. The molecule has 2 N–H and O–H groups in total. The Bertz CT molecular complexity index is 1200. The van der Waals surface area contributed by atoms with Gasteiger partial charge in [0.2, 0.25) is 15.9 Å². The van der Waals surface area contributed by atoms with Gasteiger partial charge in [0.05, 0.1) is 29.5 Å². The van der Waals surface area contributed by atoms with E-state index in [1.54, 1.807) is 13.0 Å². The predicted molar refractivity (Wildman–Crippen MR) is 100 cm³/mol. The molecule has 0 aliphatic heterocycles. The number of sulfonamides is 1. The van der Waals surface area contributed by atoms with Gasteiger partial charge in [0.25, 0.3) is 0 Å². The molecule has 0 aliphatic carbocycles. The van der Waals surface area contributed by atoms with Gasteiger partial charge < -0.3 is 4.74 Å². The number of nitrogens with one attached hydrogen (secondary N) is 2. The summed E-state index contributed by atoms with van der Waals surface area (Å²) >= 11 is 0. The molecular weight excluding hydrogens is 390 g/mol. The highest BCUT2D eigenvalue weighted by Crippen LogP contribution is 2.23. The van der Waals surface area contributed by atoms with E-state index < -0.39 is 27.2 Å². The summed E-state index contributed by atoms with van der Waals surface area (Å²) in [5.41, 5.74) is -0.0461. The normalized spacial score (nSPS) is 11.1. The van der Waals surface area contributed by atoms with Gasteiger partial charge in [-0.25, -0.2) is 22.2 Å². The average molecular weight is 406 g/mol. The number of H-pyrrole nitrogens is 1. The molecule has 2 aromatic heterocycles. The van der Waals surface area contributed by atoms with Crippen LogP contribution in [0.2, 0.25) is 0 Å². The highest BCUT2D eigenvalue weighted by molar-refractivity contribution is 7.92. The summed E-state index contributed by atoms with van der Waals surface area (Å²) in [7, 11) is -2.28. The number of halogens is 2. The van der Waals surface area contributed by atoms with Crippen LogP contribution in [0.5, 0.6) is 5.88 Å². The second-order valence-electron chi connectivity index (χ2n) is 5.81. The molecule has 7 nitrogen and oxygen atoms in total. The van der Waals surface area contributed by atoms with Crippen LogP contribution in [0.3, 0.4) is 0 Å². The molecule has 0 radical (unpaired) electrons. The van der Waals surface area contributed by atoms with Gasteiger partial charge >= 0.3 is 0 Å². The Morgan fingerprint density at radius 1 is 1.29 bits per heavy atom. The van der Waals surface area contributed by atoms with Crippen molar-refractivity contribution in [1.82, 2.24) is 15.2 Å². The van der Waals surface area contributed by atoms with Crippen molar-refractivity contribution in [3.05, 3.63) is 47.2 Å². The van der Waals surface area contributed by atoms with Crippen molar-refractivity contribution in [3.63, 3.8) is 0 Å². The van der Waals surface area contributed by atoms with E-state index in [9.17, 15) is 17.2 Å². The standard InChI is InChI=1S/C18H16F2N4O3S/c1-3-8-28(25,26)24-15-7-6-14(19)12(16(15)20)5-4-11-9-13-17(21-10-11)22-23-18(13)27-2/h6-7,9-10,24H,3,8H2,1-2H3,(H,21,22,23). The van der Waals surface area contributed by atoms with Gasteiger partial charge in [0.15, 0.2) is 11.5 Å². The number of fused-ring (bicyclic) bond motifs is 1. The van der Waals surface area contributed by atoms with Gasteiger partial charge in [-0.1, -0.05) is 18.8 Å². The van der Waals surface area contributed by atoms with Crippen molar-refractivity contribution in [2.75, 3.05) is 17.6 Å². The SMILES string of the molecule is CCCS(=O)(=O)Nc1ccc(F)c(C#Cc2cnc3[nH]nc(OC)c3c2)c1F. The minimum atomic E-state index is -3.72. The van der Waals surface area contributed by atoms with Crippen LogP contribution in [0.4, 0.5) is 14.5 Å². The summed E-state index contributed by atoms with van der Waals surface area (Å²) in [5.74, 6) is 3.18. The fourth-order valence-corrected chi connectivity index (χ4v) is 3.60. The summed E-state index contributed by atoms with van der Waals surface area (Å²) in [6.45, 7) is 1.68. The molecule has 0 aliphatic rings. The summed E-state index contributed by atoms with van der Waals surface area (Å²) < 4.78 is 59.6. The van der Waals surface area contributed by atoms with Gasteiger partial charge in [0.1, 0.15) is 5.82 Å². The zero-order valence-corrected chi connectivity index (χ0v) is 15.8. The number of ether oxygens (including phenoxy) is 1. The lowest BCUT2D eigenvalue weighted by molar-refractivity contribution is 0.401. The molecule has 1 aromatic carbocycles. The van der Waals surface area contributed by atoms with Crippen molar-refractivity contribution in [1.29, 1.82) is 0 Å². The Kier molecular flexibility index (Phi) is 5.46.